The maximum Gasteiger partial charge on any atom is 0.221 e. The third-order valence-corrected chi connectivity index (χ3v) is 4.01. The molecular weight excluding hydrogens is 264 g/mol. The Morgan fingerprint density at radius 2 is 2.24 bits per heavy atom. The quantitative estimate of drug-likeness (QED) is 0.870. The zero-order valence-electron chi connectivity index (χ0n) is 12.1. The first-order valence-corrected chi connectivity index (χ1v) is 7.54. The van der Waals surface area contributed by atoms with E-state index in [0.29, 0.717) is 31.1 Å². The van der Waals surface area contributed by atoms with E-state index in [1.807, 2.05) is 12.1 Å². The molecule has 1 heterocycles. The van der Waals surface area contributed by atoms with Crippen molar-refractivity contribution in [2.24, 2.45) is 0 Å². The topological polar surface area (TPSA) is 68.2 Å². The minimum absolute atomic E-state index is 0.0845. The number of nitrogens with one attached hydrogen (secondary N) is 2. The molecule has 1 aromatic rings. The molecule has 1 saturated heterocycles. The number of nitriles is 1. The molecule has 5 heteroatoms. The fourth-order valence-corrected chi connectivity index (χ4v) is 2.62. The Morgan fingerprint density at radius 1 is 1.38 bits per heavy atom. The van der Waals surface area contributed by atoms with E-state index in [-0.39, 0.29) is 5.91 Å². The molecular formula is C16H20N4O. The van der Waals surface area contributed by atoms with Gasteiger partial charge in [0.25, 0.3) is 0 Å². The van der Waals surface area contributed by atoms with Gasteiger partial charge < -0.3 is 15.5 Å². The van der Waals surface area contributed by atoms with Crippen LogP contribution in [0.1, 0.15) is 30.4 Å². The minimum atomic E-state index is 0.0845. The van der Waals surface area contributed by atoms with Gasteiger partial charge in [0.05, 0.1) is 11.3 Å². The second kappa shape index (κ2) is 6.15. The molecule has 0 unspecified atom stereocenters. The molecule has 2 fully saturated rings. The van der Waals surface area contributed by atoms with Crippen LogP contribution in [0, 0.1) is 11.3 Å². The molecule has 1 aliphatic carbocycles. The van der Waals surface area contributed by atoms with Crippen molar-refractivity contribution >= 4 is 11.6 Å². The average molecular weight is 284 g/mol. The van der Waals surface area contributed by atoms with E-state index in [1.54, 1.807) is 0 Å². The average Bonchev–Trinajstić information content (AvgIpc) is 3.33. The summed E-state index contributed by atoms with van der Waals surface area (Å²) in [7, 11) is 0. The molecule has 0 radical (unpaired) electrons. The van der Waals surface area contributed by atoms with Crippen molar-refractivity contribution in [3.05, 3.63) is 29.3 Å². The first-order valence-electron chi connectivity index (χ1n) is 7.54. The number of benzene rings is 1. The SMILES string of the molecule is N#Cc1cc(CNC2CC2)ccc1N1CCNC(=O)CC1. The van der Waals surface area contributed by atoms with Gasteiger partial charge in [-0.1, -0.05) is 6.07 Å². The van der Waals surface area contributed by atoms with Gasteiger partial charge in [-0.2, -0.15) is 5.26 Å². The predicted molar refractivity (Wildman–Crippen MR) is 80.9 cm³/mol. The van der Waals surface area contributed by atoms with E-state index in [1.165, 1.54) is 12.8 Å². The van der Waals surface area contributed by atoms with Crippen molar-refractivity contribution in [1.29, 1.82) is 5.26 Å². The van der Waals surface area contributed by atoms with Gasteiger partial charge in [-0.15, -0.1) is 0 Å². The molecule has 1 aliphatic heterocycles. The lowest BCUT2D eigenvalue weighted by atomic mass is 10.1. The standard InChI is InChI=1S/C16H20N4O/c17-10-13-9-12(11-19-14-2-3-14)1-4-15(13)20-7-5-16(21)18-6-8-20/h1,4,9,14,19H,2-3,5-8,11H2,(H,18,21). The molecule has 0 bridgehead atoms. The van der Waals surface area contributed by atoms with Crippen molar-refractivity contribution in [1.82, 2.24) is 10.6 Å². The van der Waals surface area contributed by atoms with Crippen LogP contribution in [0.2, 0.25) is 0 Å². The van der Waals surface area contributed by atoms with Gasteiger partial charge in [0.15, 0.2) is 0 Å². The number of hydrogen-bond acceptors (Lipinski definition) is 4. The van der Waals surface area contributed by atoms with E-state index in [4.69, 9.17) is 0 Å². The maximum atomic E-state index is 11.4. The van der Waals surface area contributed by atoms with Crippen molar-refractivity contribution in [2.75, 3.05) is 24.5 Å². The molecule has 110 valence electrons. The van der Waals surface area contributed by atoms with Crippen LogP contribution in [0.25, 0.3) is 0 Å². The van der Waals surface area contributed by atoms with Crippen LogP contribution in [-0.4, -0.2) is 31.6 Å². The van der Waals surface area contributed by atoms with E-state index >= 15 is 0 Å². The molecule has 0 spiro atoms. The summed E-state index contributed by atoms with van der Waals surface area (Å²) in [4.78, 5) is 13.5. The van der Waals surface area contributed by atoms with Crippen LogP contribution in [0.5, 0.6) is 0 Å². The monoisotopic (exact) mass is 284 g/mol. The van der Waals surface area contributed by atoms with E-state index in [9.17, 15) is 10.1 Å². The number of carbonyl (C=O) groups is 1. The Bertz CT molecular complexity index is 574. The lowest BCUT2D eigenvalue weighted by Gasteiger charge is -2.23. The zero-order valence-corrected chi connectivity index (χ0v) is 12.1. The van der Waals surface area contributed by atoms with Gasteiger partial charge in [-0.05, 0) is 30.5 Å². The van der Waals surface area contributed by atoms with Crippen molar-refractivity contribution in [3.8, 4) is 6.07 Å². The number of anilines is 1. The van der Waals surface area contributed by atoms with Gasteiger partial charge in [0, 0.05) is 38.6 Å². The van der Waals surface area contributed by atoms with Crippen LogP contribution in [0.3, 0.4) is 0 Å². The summed E-state index contributed by atoms with van der Waals surface area (Å²) in [6.45, 7) is 2.87. The third-order valence-electron chi connectivity index (χ3n) is 4.01. The summed E-state index contributed by atoms with van der Waals surface area (Å²) in [5.74, 6) is 0.0845. The largest absolute Gasteiger partial charge is 0.368 e. The normalized spacial score (nSPS) is 18.8. The molecule has 1 amide bonds. The van der Waals surface area contributed by atoms with Gasteiger partial charge in [-0.25, -0.2) is 0 Å². The van der Waals surface area contributed by atoms with Gasteiger partial charge in [-0.3, -0.25) is 4.79 Å². The molecule has 1 saturated carbocycles. The number of carbonyl (C=O) groups excluding carboxylic acids is 1. The highest BCUT2D eigenvalue weighted by Crippen LogP contribution is 2.24. The second-order valence-corrected chi connectivity index (χ2v) is 5.71. The fourth-order valence-electron chi connectivity index (χ4n) is 2.62. The minimum Gasteiger partial charge on any atom is -0.368 e. The molecule has 2 N–H and O–H groups in total. The molecule has 1 aromatic carbocycles. The van der Waals surface area contributed by atoms with Gasteiger partial charge >= 0.3 is 0 Å². The smallest absolute Gasteiger partial charge is 0.221 e. The third kappa shape index (κ3) is 3.53. The highest BCUT2D eigenvalue weighted by Gasteiger charge is 2.20. The highest BCUT2D eigenvalue weighted by molar-refractivity contribution is 5.77. The first-order chi connectivity index (χ1) is 10.3. The molecule has 3 rings (SSSR count). The van der Waals surface area contributed by atoms with Crippen molar-refractivity contribution in [2.45, 2.75) is 31.8 Å². The fraction of sp³-hybridized carbons (Fsp3) is 0.500. The summed E-state index contributed by atoms with van der Waals surface area (Å²) in [5.41, 5.74) is 2.77. The molecule has 0 atom stereocenters. The highest BCUT2D eigenvalue weighted by atomic mass is 16.1. The van der Waals surface area contributed by atoms with Crippen LogP contribution in [0.4, 0.5) is 5.69 Å². The van der Waals surface area contributed by atoms with Crippen LogP contribution in [0.15, 0.2) is 18.2 Å². The summed E-state index contributed by atoms with van der Waals surface area (Å²) >= 11 is 0. The molecule has 5 nitrogen and oxygen atoms in total. The lowest BCUT2D eigenvalue weighted by molar-refractivity contribution is -0.120. The zero-order chi connectivity index (χ0) is 14.7. The molecule has 2 aliphatic rings. The van der Waals surface area contributed by atoms with E-state index in [0.717, 1.165) is 24.3 Å². The number of amides is 1. The van der Waals surface area contributed by atoms with Gasteiger partial charge in [0.1, 0.15) is 6.07 Å². The predicted octanol–water partition coefficient (Wildman–Crippen LogP) is 1.14. The lowest BCUT2D eigenvalue weighted by Crippen LogP contribution is -2.29. The summed E-state index contributed by atoms with van der Waals surface area (Å²) in [6.07, 6.45) is 3.01. The second-order valence-electron chi connectivity index (χ2n) is 5.71. The van der Waals surface area contributed by atoms with Gasteiger partial charge in [0.2, 0.25) is 5.91 Å². The number of hydrogen-bond donors (Lipinski definition) is 2. The number of nitrogens with zero attached hydrogens (tertiary/aromatic N) is 2. The molecule has 0 aromatic heterocycles. The Kier molecular flexibility index (Phi) is 4.07. The van der Waals surface area contributed by atoms with E-state index in [2.05, 4.69) is 27.7 Å². The maximum absolute atomic E-state index is 11.4. The van der Waals surface area contributed by atoms with Crippen molar-refractivity contribution in [3.63, 3.8) is 0 Å². The molecule has 21 heavy (non-hydrogen) atoms. The first kappa shape index (κ1) is 13.9. The van der Waals surface area contributed by atoms with Crippen LogP contribution in [-0.2, 0) is 11.3 Å². The summed E-state index contributed by atoms with van der Waals surface area (Å²) < 4.78 is 0. The Labute approximate surface area is 124 Å². The number of rotatable bonds is 4. The van der Waals surface area contributed by atoms with Crippen molar-refractivity contribution < 1.29 is 4.79 Å². The van der Waals surface area contributed by atoms with E-state index < -0.39 is 0 Å². The van der Waals surface area contributed by atoms with Crippen LogP contribution < -0.4 is 15.5 Å². The Morgan fingerprint density at radius 3 is 3.00 bits per heavy atom. The van der Waals surface area contributed by atoms with Crippen LogP contribution >= 0.6 is 0 Å². The summed E-state index contributed by atoms with van der Waals surface area (Å²) in [6, 6.07) is 9.01. The Balaban J connectivity index is 1.74. The Hall–Kier alpha value is -2.06. The summed E-state index contributed by atoms with van der Waals surface area (Å²) in [5, 5.41) is 15.7.